The van der Waals surface area contributed by atoms with E-state index in [-0.39, 0.29) is 29.7 Å². The third kappa shape index (κ3) is 2.52. The number of ketones is 1. The van der Waals surface area contributed by atoms with E-state index in [1.807, 2.05) is 0 Å². The summed E-state index contributed by atoms with van der Waals surface area (Å²) in [5.41, 5.74) is 5.66. The summed E-state index contributed by atoms with van der Waals surface area (Å²) in [5.74, 6) is -1.72. The summed E-state index contributed by atoms with van der Waals surface area (Å²) in [7, 11) is 0. The quantitative estimate of drug-likeness (QED) is 0.878. The first-order valence-electron chi connectivity index (χ1n) is 5.81. The normalized spacial score (nSPS) is 23.9. The predicted molar refractivity (Wildman–Crippen MR) is 60.4 cm³/mol. The maximum atomic E-state index is 13.4. The van der Waals surface area contributed by atoms with Crippen molar-refractivity contribution >= 4 is 5.78 Å². The molecular formula is C13H15F2NO. The number of hydrogen-bond acceptors (Lipinski definition) is 2. The zero-order valence-electron chi connectivity index (χ0n) is 9.46. The molecule has 2 nitrogen and oxygen atoms in total. The molecule has 2 rings (SSSR count). The van der Waals surface area contributed by atoms with Crippen molar-refractivity contribution in [2.45, 2.75) is 31.7 Å². The van der Waals surface area contributed by atoms with Crippen molar-refractivity contribution < 1.29 is 13.6 Å². The smallest absolute Gasteiger partial charge is 0.142 e. The molecule has 2 unspecified atom stereocenters. The highest BCUT2D eigenvalue weighted by Crippen LogP contribution is 2.26. The van der Waals surface area contributed by atoms with E-state index in [9.17, 15) is 13.6 Å². The fourth-order valence-electron chi connectivity index (χ4n) is 2.40. The number of Topliss-reactive ketones (excluding diaryl/α,β-unsaturated/α-hetero) is 1. The molecule has 2 atom stereocenters. The molecule has 1 aliphatic rings. The van der Waals surface area contributed by atoms with Crippen molar-refractivity contribution in [3.05, 3.63) is 35.4 Å². The van der Waals surface area contributed by atoms with Crippen LogP contribution in [0.2, 0.25) is 0 Å². The van der Waals surface area contributed by atoms with Gasteiger partial charge in [-0.3, -0.25) is 4.79 Å². The van der Waals surface area contributed by atoms with Gasteiger partial charge >= 0.3 is 0 Å². The van der Waals surface area contributed by atoms with E-state index in [1.165, 1.54) is 18.2 Å². The van der Waals surface area contributed by atoms with Crippen LogP contribution >= 0.6 is 0 Å². The molecule has 1 aromatic carbocycles. The minimum atomic E-state index is -0.662. The lowest BCUT2D eigenvalue weighted by Crippen LogP contribution is -2.31. The Labute approximate surface area is 98.8 Å². The lowest BCUT2D eigenvalue weighted by Gasteiger charge is -2.14. The Morgan fingerprint density at radius 1 is 1.29 bits per heavy atom. The first-order chi connectivity index (χ1) is 8.09. The second-order valence-electron chi connectivity index (χ2n) is 4.54. The van der Waals surface area contributed by atoms with Crippen molar-refractivity contribution in [2.75, 3.05) is 0 Å². The van der Waals surface area contributed by atoms with Crippen molar-refractivity contribution in [2.24, 2.45) is 11.7 Å². The molecule has 1 fully saturated rings. The maximum Gasteiger partial charge on any atom is 0.142 e. The topological polar surface area (TPSA) is 43.1 Å². The molecule has 0 aromatic heterocycles. The molecule has 0 spiro atoms. The first-order valence-corrected chi connectivity index (χ1v) is 5.81. The second-order valence-corrected chi connectivity index (χ2v) is 4.54. The molecule has 1 aliphatic carbocycles. The Balaban J connectivity index is 2.13. The van der Waals surface area contributed by atoms with Gasteiger partial charge in [-0.25, -0.2) is 8.78 Å². The van der Waals surface area contributed by atoms with Gasteiger partial charge in [-0.05, 0) is 25.0 Å². The number of halogens is 2. The molecule has 1 saturated carbocycles. The van der Waals surface area contributed by atoms with Crippen molar-refractivity contribution in [3.63, 3.8) is 0 Å². The molecular weight excluding hydrogens is 224 g/mol. The highest BCUT2D eigenvalue weighted by atomic mass is 19.1. The molecule has 0 amide bonds. The molecule has 4 heteroatoms. The van der Waals surface area contributed by atoms with Crippen LogP contribution in [-0.4, -0.2) is 11.8 Å². The number of carbonyl (C=O) groups is 1. The molecule has 0 saturated heterocycles. The third-order valence-corrected chi connectivity index (χ3v) is 3.40. The van der Waals surface area contributed by atoms with Crippen LogP contribution in [0.25, 0.3) is 0 Å². The van der Waals surface area contributed by atoms with Crippen LogP contribution in [0.5, 0.6) is 0 Å². The van der Waals surface area contributed by atoms with Gasteiger partial charge in [-0.15, -0.1) is 0 Å². The minimum absolute atomic E-state index is 0.142. The van der Waals surface area contributed by atoms with E-state index in [1.54, 1.807) is 0 Å². The van der Waals surface area contributed by atoms with E-state index >= 15 is 0 Å². The Kier molecular flexibility index (Phi) is 3.52. The van der Waals surface area contributed by atoms with Crippen molar-refractivity contribution in [1.29, 1.82) is 0 Å². The van der Waals surface area contributed by atoms with Gasteiger partial charge in [0.05, 0.1) is 0 Å². The molecule has 0 heterocycles. The molecule has 17 heavy (non-hydrogen) atoms. The summed E-state index contributed by atoms with van der Waals surface area (Å²) in [6.45, 7) is 0. The Hall–Kier alpha value is -1.29. The van der Waals surface area contributed by atoms with Crippen LogP contribution in [0.1, 0.15) is 24.8 Å². The summed E-state index contributed by atoms with van der Waals surface area (Å²) >= 11 is 0. The average Bonchev–Trinajstić information content (AvgIpc) is 2.70. The Morgan fingerprint density at radius 3 is 2.47 bits per heavy atom. The number of nitrogens with two attached hydrogens (primary N) is 1. The highest BCUT2D eigenvalue weighted by molar-refractivity contribution is 5.84. The fraction of sp³-hybridized carbons (Fsp3) is 0.462. The van der Waals surface area contributed by atoms with E-state index in [0.717, 1.165) is 19.3 Å². The number of hydrogen-bond donors (Lipinski definition) is 1. The standard InChI is InChI=1S/C13H15F2NO/c14-10-4-2-5-11(15)9(10)7-13(17)8-3-1-6-12(8)16/h2,4-5,8,12H,1,3,6-7,16H2. The van der Waals surface area contributed by atoms with Crippen LogP contribution in [0.3, 0.4) is 0 Å². The van der Waals surface area contributed by atoms with E-state index in [2.05, 4.69) is 0 Å². The Bertz CT molecular complexity index is 413. The van der Waals surface area contributed by atoms with E-state index in [4.69, 9.17) is 5.73 Å². The van der Waals surface area contributed by atoms with Crippen LogP contribution in [0, 0.1) is 17.6 Å². The number of rotatable bonds is 3. The fourth-order valence-corrected chi connectivity index (χ4v) is 2.40. The second kappa shape index (κ2) is 4.92. The molecule has 0 aliphatic heterocycles. The van der Waals surface area contributed by atoms with Gasteiger partial charge < -0.3 is 5.73 Å². The highest BCUT2D eigenvalue weighted by Gasteiger charge is 2.30. The van der Waals surface area contributed by atoms with Crippen LogP contribution in [0.15, 0.2) is 18.2 Å². The molecule has 2 N–H and O–H groups in total. The third-order valence-electron chi connectivity index (χ3n) is 3.40. The van der Waals surface area contributed by atoms with Gasteiger partial charge in [-0.1, -0.05) is 12.5 Å². The maximum absolute atomic E-state index is 13.4. The Morgan fingerprint density at radius 2 is 1.94 bits per heavy atom. The zero-order valence-corrected chi connectivity index (χ0v) is 9.46. The van der Waals surface area contributed by atoms with Gasteiger partial charge in [0.2, 0.25) is 0 Å². The van der Waals surface area contributed by atoms with Crippen LogP contribution in [-0.2, 0) is 11.2 Å². The van der Waals surface area contributed by atoms with Crippen molar-refractivity contribution in [3.8, 4) is 0 Å². The van der Waals surface area contributed by atoms with E-state index < -0.39 is 11.6 Å². The van der Waals surface area contributed by atoms with Gasteiger partial charge in [0.15, 0.2) is 0 Å². The summed E-state index contributed by atoms with van der Waals surface area (Å²) in [5, 5.41) is 0. The zero-order chi connectivity index (χ0) is 12.4. The van der Waals surface area contributed by atoms with Gasteiger partial charge in [0.25, 0.3) is 0 Å². The minimum Gasteiger partial charge on any atom is -0.327 e. The van der Waals surface area contributed by atoms with Crippen molar-refractivity contribution in [1.82, 2.24) is 0 Å². The van der Waals surface area contributed by atoms with Crippen LogP contribution < -0.4 is 5.73 Å². The largest absolute Gasteiger partial charge is 0.327 e. The number of benzene rings is 1. The lowest BCUT2D eigenvalue weighted by atomic mass is 9.93. The predicted octanol–water partition coefficient (Wildman–Crippen LogP) is 2.20. The summed E-state index contributed by atoms with van der Waals surface area (Å²) in [4.78, 5) is 11.9. The molecule has 0 radical (unpaired) electrons. The van der Waals surface area contributed by atoms with E-state index in [0.29, 0.717) is 0 Å². The monoisotopic (exact) mass is 239 g/mol. The van der Waals surface area contributed by atoms with Gasteiger partial charge in [-0.2, -0.15) is 0 Å². The summed E-state index contributed by atoms with van der Waals surface area (Å²) < 4.78 is 26.7. The molecule has 1 aromatic rings. The SMILES string of the molecule is NC1CCCC1C(=O)Cc1c(F)cccc1F. The molecule has 0 bridgehead atoms. The molecule has 92 valence electrons. The summed E-state index contributed by atoms with van der Waals surface area (Å²) in [6.07, 6.45) is 2.26. The van der Waals surface area contributed by atoms with Crippen LogP contribution in [0.4, 0.5) is 8.78 Å². The average molecular weight is 239 g/mol. The summed E-state index contributed by atoms with van der Waals surface area (Å²) in [6, 6.07) is 3.47. The van der Waals surface area contributed by atoms with Gasteiger partial charge in [0.1, 0.15) is 17.4 Å². The lowest BCUT2D eigenvalue weighted by molar-refractivity contribution is -0.122. The first kappa shape index (κ1) is 12.2. The van der Waals surface area contributed by atoms with Gasteiger partial charge in [0, 0.05) is 23.9 Å². The number of carbonyl (C=O) groups excluding carboxylic acids is 1.